The molecule has 0 radical (unpaired) electrons. The smallest absolute Gasteiger partial charge is 0.136 e. The maximum absolute atomic E-state index is 6.77. The minimum Gasteiger partial charge on any atom is -0.456 e. The highest BCUT2D eigenvalue weighted by atomic mass is 16.3. The van der Waals surface area contributed by atoms with Crippen LogP contribution in [0.3, 0.4) is 0 Å². The van der Waals surface area contributed by atoms with Gasteiger partial charge in [0.2, 0.25) is 0 Å². The summed E-state index contributed by atoms with van der Waals surface area (Å²) in [7, 11) is 0. The van der Waals surface area contributed by atoms with E-state index >= 15 is 0 Å². The average Bonchev–Trinajstić information content (AvgIpc) is 3.53. The molecule has 0 amide bonds. The average molecular weight is 623 g/mol. The van der Waals surface area contributed by atoms with Crippen LogP contribution in [0.4, 0.5) is 0 Å². The van der Waals surface area contributed by atoms with Crippen LogP contribution < -0.4 is 0 Å². The third kappa shape index (κ3) is 4.40. The molecule has 49 heavy (non-hydrogen) atoms. The molecule has 9 aromatic carbocycles. The van der Waals surface area contributed by atoms with Crippen LogP contribution in [0.5, 0.6) is 0 Å². The first-order valence-corrected chi connectivity index (χ1v) is 16.8. The lowest BCUT2D eigenvalue weighted by Crippen LogP contribution is -1.93. The summed E-state index contributed by atoms with van der Waals surface area (Å²) < 4.78 is 6.77. The van der Waals surface area contributed by atoms with Crippen molar-refractivity contribution in [3.05, 3.63) is 182 Å². The zero-order valence-corrected chi connectivity index (χ0v) is 26.7. The molecule has 0 atom stereocenters. The normalized spacial score (nSPS) is 11.7. The minimum atomic E-state index is 0.897. The van der Waals surface area contributed by atoms with Crippen molar-refractivity contribution in [2.24, 2.45) is 0 Å². The van der Waals surface area contributed by atoms with Crippen LogP contribution in [0.1, 0.15) is 0 Å². The van der Waals surface area contributed by atoms with E-state index in [0.29, 0.717) is 0 Å². The van der Waals surface area contributed by atoms with Crippen LogP contribution in [0.2, 0.25) is 0 Å². The van der Waals surface area contributed by atoms with Crippen molar-refractivity contribution in [1.82, 2.24) is 0 Å². The Morgan fingerprint density at radius 1 is 0.286 bits per heavy atom. The third-order valence-electron chi connectivity index (χ3n) is 10.0. The lowest BCUT2D eigenvalue weighted by molar-refractivity contribution is 0.669. The van der Waals surface area contributed by atoms with Crippen LogP contribution in [-0.4, -0.2) is 0 Å². The van der Waals surface area contributed by atoms with E-state index in [9.17, 15) is 0 Å². The van der Waals surface area contributed by atoms with Gasteiger partial charge in [0.25, 0.3) is 0 Å². The van der Waals surface area contributed by atoms with E-state index in [4.69, 9.17) is 4.42 Å². The largest absolute Gasteiger partial charge is 0.456 e. The molecule has 0 bridgehead atoms. The summed E-state index contributed by atoms with van der Waals surface area (Å²) >= 11 is 0. The maximum Gasteiger partial charge on any atom is 0.136 e. The topological polar surface area (TPSA) is 13.1 Å². The van der Waals surface area contributed by atoms with Crippen molar-refractivity contribution in [2.45, 2.75) is 0 Å². The van der Waals surface area contributed by atoms with Gasteiger partial charge in [-0.15, -0.1) is 0 Å². The molecule has 0 N–H and O–H groups in total. The lowest BCUT2D eigenvalue weighted by atomic mass is 9.82. The zero-order valence-electron chi connectivity index (χ0n) is 26.7. The van der Waals surface area contributed by atoms with E-state index in [2.05, 4.69) is 182 Å². The molecule has 10 rings (SSSR count). The minimum absolute atomic E-state index is 0.897. The van der Waals surface area contributed by atoms with E-state index in [1.807, 2.05) is 0 Å². The summed E-state index contributed by atoms with van der Waals surface area (Å²) in [5.41, 5.74) is 11.4. The predicted octanol–water partition coefficient (Wildman–Crippen LogP) is 13.7. The Morgan fingerprint density at radius 2 is 0.776 bits per heavy atom. The number of benzene rings is 9. The van der Waals surface area contributed by atoms with Crippen LogP contribution in [0, 0.1) is 0 Å². The third-order valence-corrected chi connectivity index (χ3v) is 10.0. The van der Waals surface area contributed by atoms with Gasteiger partial charge >= 0.3 is 0 Å². The van der Waals surface area contributed by atoms with Crippen molar-refractivity contribution >= 4 is 54.3 Å². The molecule has 0 fully saturated rings. The predicted molar refractivity (Wildman–Crippen MR) is 208 cm³/mol. The van der Waals surface area contributed by atoms with Crippen LogP contribution in [-0.2, 0) is 0 Å². The van der Waals surface area contributed by atoms with Crippen LogP contribution in [0.15, 0.2) is 186 Å². The van der Waals surface area contributed by atoms with E-state index in [1.165, 1.54) is 71.3 Å². The summed E-state index contributed by atoms with van der Waals surface area (Å²) in [6.45, 7) is 0. The molecular weight excluding hydrogens is 593 g/mol. The SMILES string of the molecule is c1ccc(-c2cc(-c3c4ccccc4c(-c4ccccc4-c4ccccc4)c4ccccc34)c3c(c2)oc2cc4ccccc4cc23)cc1. The van der Waals surface area contributed by atoms with E-state index in [-0.39, 0.29) is 0 Å². The Balaban J connectivity index is 1.37. The number of hydrogen-bond donors (Lipinski definition) is 0. The monoisotopic (exact) mass is 622 g/mol. The molecule has 0 aliphatic carbocycles. The summed E-state index contributed by atoms with van der Waals surface area (Å²) in [5, 5.41) is 9.58. The molecule has 1 heterocycles. The Bertz CT molecular complexity index is 2800. The van der Waals surface area contributed by atoms with Gasteiger partial charge in [0, 0.05) is 10.8 Å². The van der Waals surface area contributed by atoms with Gasteiger partial charge in [-0.3, -0.25) is 0 Å². The Hall–Kier alpha value is -6.44. The van der Waals surface area contributed by atoms with Gasteiger partial charge in [-0.05, 0) is 101 Å². The standard InChI is InChI=1S/C48H30O/c1-3-15-31(16-4-1)35-28-43(48-42-27-33-19-7-8-20-34(33)29-44(42)49-45(48)30-35)47-40-25-13-11-23-38(40)46(39-24-12-14-26-41(39)47)37-22-10-9-21-36(37)32-17-5-2-6-18-32/h1-30H. The molecule has 228 valence electrons. The molecule has 0 aliphatic rings. The fourth-order valence-electron chi connectivity index (χ4n) is 7.87. The molecule has 0 saturated carbocycles. The Kier molecular flexibility index (Phi) is 6.25. The first kappa shape index (κ1) is 27.7. The van der Waals surface area contributed by atoms with Gasteiger partial charge in [0.05, 0.1) is 0 Å². The van der Waals surface area contributed by atoms with Crippen molar-refractivity contribution < 1.29 is 4.42 Å². The number of hydrogen-bond acceptors (Lipinski definition) is 1. The van der Waals surface area contributed by atoms with Crippen molar-refractivity contribution in [2.75, 3.05) is 0 Å². The first-order valence-electron chi connectivity index (χ1n) is 16.8. The fraction of sp³-hybridized carbons (Fsp3) is 0. The summed E-state index contributed by atoms with van der Waals surface area (Å²) in [6, 6.07) is 65.7. The molecule has 1 nitrogen and oxygen atoms in total. The van der Waals surface area contributed by atoms with Gasteiger partial charge in [-0.25, -0.2) is 0 Å². The van der Waals surface area contributed by atoms with Crippen LogP contribution >= 0.6 is 0 Å². The molecule has 1 heteroatoms. The van der Waals surface area contributed by atoms with Gasteiger partial charge in [-0.1, -0.05) is 158 Å². The van der Waals surface area contributed by atoms with Crippen molar-refractivity contribution in [3.63, 3.8) is 0 Å². The zero-order chi connectivity index (χ0) is 32.3. The fourth-order valence-corrected chi connectivity index (χ4v) is 7.87. The van der Waals surface area contributed by atoms with Crippen molar-refractivity contribution in [3.8, 4) is 44.5 Å². The van der Waals surface area contributed by atoms with Gasteiger partial charge < -0.3 is 4.42 Å². The first-order chi connectivity index (χ1) is 24.3. The number of rotatable bonds is 4. The van der Waals surface area contributed by atoms with E-state index in [0.717, 1.165) is 27.5 Å². The molecule has 1 aromatic heterocycles. The molecule has 10 aromatic rings. The highest BCUT2D eigenvalue weighted by molar-refractivity contribution is 6.27. The summed E-state index contributed by atoms with van der Waals surface area (Å²) in [6.07, 6.45) is 0. The Morgan fingerprint density at radius 3 is 1.41 bits per heavy atom. The van der Waals surface area contributed by atoms with E-state index < -0.39 is 0 Å². The van der Waals surface area contributed by atoms with Gasteiger partial charge in [-0.2, -0.15) is 0 Å². The second-order valence-electron chi connectivity index (χ2n) is 12.8. The van der Waals surface area contributed by atoms with Gasteiger partial charge in [0.15, 0.2) is 0 Å². The number of furan rings is 1. The highest BCUT2D eigenvalue weighted by Gasteiger charge is 2.22. The lowest BCUT2D eigenvalue weighted by Gasteiger charge is -2.20. The van der Waals surface area contributed by atoms with Crippen molar-refractivity contribution in [1.29, 1.82) is 0 Å². The molecule has 0 unspecified atom stereocenters. The second-order valence-corrected chi connectivity index (χ2v) is 12.8. The number of fused-ring (bicyclic) bond motifs is 6. The molecule has 0 saturated heterocycles. The second kappa shape index (κ2) is 11.1. The maximum atomic E-state index is 6.77. The molecule has 0 spiro atoms. The Labute approximate surface area is 284 Å². The molecule has 0 aliphatic heterocycles. The highest BCUT2D eigenvalue weighted by Crippen LogP contribution is 2.49. The quantitative estimate of drug-likeness (QED) is 0.178. The van der Waals surface area contributed by atoms with Gasteiger partial charge in [0.1, 0.15) is 11.2 Å². The van der Waals surface area contributed by atoms with E-state index in [1.54, 1.807) is 0 Å². The summed E-state index contributed by atoms with van der Waals surface area (Å²) in [5.74, 6) is 0. The molecular formula is C48H30O. The summed E-state index contributed by atoms with van der Waals surface area (Å²) in [4.78, 5) is 0. The van der Waals surface area contributed by atoms with Crippen LogP contribution in [0.25, 0.3) is 98.8 Å².